The van der Waals surface area contributed by atoms with Crippen LogP contribution in [0.25, 0.3) is 22.2 Å². The smallest absolute Gasteiger partial charge is 0.254 e. The molecule has 6 nitrogen and oxygen atoms in total. The molecule has 0 spiro atoms. The molecule has 2 amide bonds. The van der Waals surface area contributed by atoms with Crippen molar-refractivity contribution in [3.05, 3.63) is 65.7 Å². The molecule has 2 aromatic carbocycles. The van der Waals surface area contributed by atoms with Gasteiger partial charge in [0.05, 0.1) is 23.3 Å². The molecule has 2 saturated heterocycles. The fourth-order valence-corrected chi connectivity index (χ4v) is 4.81. The van der Waals surface area contributed by atoms with Crippen LogP contribution in [0.5, 0.6) is 0 Å². The Morgan fingerprint density at radius 1 is 0.848 bits per heavy atom. The Kier molecular flexibility index (Phi) is 6.09. The van der Waals surface area contributed by atoms with Gasteiger partial charge in [-0.25, -0.2) is 4.98 Å². The average Bonchev–Trinajstić information content (AvgIpc) is 3.39. The second-order valence-corrected chi connectivity index (χ2v) is 9.10. The Bertz CT molecular complexity index is 1160. The van der Waals surface area contributed by atoms with Gasteiger partial charge in [-0.05, 0) is 38.0 Å². The normalized spacial score (nSPS) is 17.0. The van der Waals surface area contributed by atoms with Crippen LogP contribution in [0.3, 0.4) is 0 Å². The molecular weight excluding hydrogens is 412 g/mol. The predicted octanol–water partition coefficient (Wildman–Crippen LogP) is 3.59. The highest BCUT2D eigenvalue weighted by atomic mass is 16.2. The van der Waals surface area contributed by atoms with Crippen LogP contribution in [0.1, 0.15) is 28.8 Å². The van der Waals surface area contributed by atoms with Crippen molar-refractivity contribution in [2.45, 2.75) is 19.8 Å². The van der Waals surface area contributed by atoms with Gasteiger partial charge in [-0.15, -0.1) is 0 Å². The van der Waals surface area contributed by atoms with Crippen molar-refractivity contribution in [3.63, 3.8) is 0 Å². The zero-order chi connectivity index (χ0) is 22.8. The number of hydrogen-bond acceptors (Lipinski definition) is 4. The SMILES string of the molecule is Cc1ccc2nc(-c3ccccc3)cc(C(=O)N3CCN(CC(=O)N4CCCC4)CC3)c2c1. The molecule has 5 rings (SSSR count). The van der Waals surface area contributed by atoms with Crippen molar-refractivity contribution in [1.29, 1.82) is 0 Å². The molecule has 0 aliphatic carbocycles. The summed E-state index contributed by atoms with van der Waals surface area (Å²) in [7, 11) is 0. The van der Waals surface area contributed by atoms with E-state index in [0.717, 1.165) is 66.7 Å². The number of fused-ring (bicyclic) bond motifs is 1. The number of aromatic nitrogens is 1. The molecule has 0 saturated carbocycles. The molecule has 2 fully saturated rings. The second-order valence-electron chi connectivity index (χ2n) is 9.10. The molecule has 0 radical (unpaired) electrons. The Labute approximate surface area is 194 Å². The predicted molar refractivity (Wildman–Crippen MR) is 130 cm³/mol. The lowest BCUT2D eigenvalue weighted by Crippen LogP contribution is -2.51. The van der Waals surface area contributed by atoms with Gasteiger partial charge in [-0.2, -0.15) is 0 Å². The van der Waals surface area contributed by atoms with E-state index in [-0.39, 0.29) is 11.8 Å². The highest BCUT2D eigenvalue weighted by Crippen LogP contribution is 2.27. The monoisotopic (exact) mass is 442 g/mol. The molecule has 0 N–H and O–H groups in total. The van der Waals surface area contributed by atoms with Gasteiger partial charge in [-0.3, -0.25) is 14.5 Å². The van der Waals surface area contributed by atoms with E-state index in [1.165, 1.54) is 0 Å². The summed E-state index contributed by atoms with van der Waals surface area (Å²) in [5, 5.41) is 0.895. The molecule has 6 heteroatoms. The maximum absolute atomic E-state index is 13.7. The number of likely N-dealkylation sites (tertiary alicyclic amines) is 1. The van der Waals surface area contributed by atoms with Gasteiger partial charge in [0.2, 0.25) is 5.91 Å². The quantitative estimate of drug-likeness (QED) is 0.620. The van der Waals surface area contributed by atoms with E-state index in [0.29, 0.717) is 25.2 Å². The van der Waals surface area contributed by atoms with Gasteiger partial charge in [0.15, 0.2) is 0 Å². The van der Waals surface area contributed by atoms with E-state index in [4.69, 9.17) is 4.98 Å². The highest BCUT2D eigenvalue weighted by molar-refractivity contribution is 6.07. The van der Waals surface area contributed by atoms with Crippen LogP contribution in [0.15, 0.2) is 54.6 Å². The number of hydrogen-bond donors (Lipinski definition) is 0. The molecule has 2 aliphatic rings. The minimum absolute atomic E-state index is 0.0377. The van der Waals surface area contributed by atoms with Crippen LogP contribution in [0.2, 0.25) is 0 Å². The molecule has 1 aromatic heterocycles. The molecule has 2 aliphatic heterocycles. The maximum atomic E-state index is 13.7. The van der Waals surface area contributed by atoms with Crippen molar-refractivity contribution in [1.82, 2.24) is 19.7 Å². The molecule has 0 unspecified atom stereocenters. The molecule has 3 heterocycles. The number of aryl methyl sites for hydroxylation is 1. The summed E-state index contributed by atoms with van der Waals surface area (Å²) >= 11 is 0. The average molecular weight is 443 g/mol. The fourth-order valence-electron chi connectivity index (χ4n) is 4.81. The maximum Gasteiger partial charge on any atom is 0.254 e. The third-order valence-electron chi connectivity index (χ3n) is 6.74. The van der Waals surface area contributed by atoms with Crippen LogP contribution in [0, 0.1) is 6.92 Å². The summed E-state index contributed by atoms with van der Waals surface area (Å²) in [4.78, 5) is 37.0. The first-order valence-electron chi connectivity index (χ1n) is 11.8. The van der Waals surface area contributed by atoms with Crippen molar-refractivity contribution >= 4 is 22.7 Å². The van der Waals surface area contributed by atoms with E-state index in [1.807, 2.05) is 65.3 Å². The molecule has 33 heavy (non-hydrogen) atoms. The van der Waals surface area contributed by atoms with Crippen molar-refractivity contribution in [2.75, 3.05) is 45.8 Å². The van der Waals surface area contributed by atoms with Gasteiger partial charge < -0.3 is 9.80 Å². The van der Waals surface area contributed by atoms with Crippen LogP contribution in [-0.2, 0) is 4.79 Å². The summed E-state index contributed by atoms with van der Waals surface area (Å²) < 4.78 is 0. The van der Waals surface area contributed by atoms with Crippen LogP contribution in [-0.4, -0.2) is 77.3 Å². The van der Waals surface area contributed by atoms with Gasteiger partial charge in [0.1, 0.15) is 0 Å². The zero-order valence-corrected chi connectivity index (χ0v) is 19.2. The third-order valence-corrected chi connectivity index (χ3v) is 6.74. The minimum atomic E-state index is 0.0377. The summed E-state index contributed by atoms with van der Waals surface area (Å²) in [6.45, 7) is 6.96. The lowest BCUT2D eigenvalue weighted by Gasteiger charge is -2.35. The molecule has 3 aromatic rings. The first-order valence-corrected chi connectivity index (χ1v) is 11.8. The highest BCUT2D eigenvalue weighted by Gasteiger charge is 2.27. The van der Waals surface area contributed by atoms with Crippen molar-refractivity contribution in [3.8, 4) is 11.3 Å². The number of nitrogens with zero attached hydrogens (tertiary/aromatic N) is 4. The third kappa shape index (κ3) is 4.62. The van der Waals surface area contributed by atoms with Gasteiger partial charge in [-0.1, -0.05) is 42.0 Å². The Hall–Kier alpha value is -3.25. The first kappa shape index (κ1) is 21.6. The lowest BCUT2D eigenvalue weighted by atomic mass is 10.0. The summed E-state index contributed by atoms with van der Waals surface area (Å²) in [6, 6.07) is 18.0. The largest absolute Gasteiger partial charge is 0.342 e. The topological polar surface area (TPSA) is 56.8 Å². The number of benzene rings is 2. The standard InChI is InChI=1S/C27H30N4O2/c1-20-9-10-24-22(17-20)23(18-25(28-24)21-7-3-2-4-8-21)27(33)31-15-13-29(14-16-31)19-26(32)30-11-5-6-12-30/h2-4,7-10,17-18H,5-6,11-16,19H2,1H3. The first-order chi connectivity index (χ1) is 16.1. The van der Waals surface area contributed by atoms with Crippen molar-refractivity contribution in [2.24, 2.45) is 0 Å². The Morgan fingerprint density at radius 3 is 2.30 bits per heavy atom. The van der Waals surface area contributed by atoms with Gasteiger partial charge in [0, 0.05) is 50.2 Å². The number of carbonyl (C=O) groups excluding carboxylic acids is 2. The number of piperazine rings is 1. The minimum Gasteiger partial charge on any atom is -0.342 e. The number of amides is 2. The van der Waals surface area contributed by atoms with E-state index in [1.54, 1.807) is 0 Å². The zero-order valence-electron chi connectivity index (χ0n) is 19.2. The summed E-state index contributed by atoms with van der Waals surface area (Å²) in [5.41, 5.74) is 4.45. The molecular formula is C27H30N4O2. The summed E-state index contributed by atoms with van der Waals surface area (Å²) in [6.07, 6.45) is 2.22. The van der Waals surface area contributed by atoms with Gasteiger partial charge >= 0.3 is 0 Å². The van der Waals surface area contributed by atoms with Crippen LogP contribution in [0.4, 0.5) is 0 Å². The number of carbonyl (C=O) groups is 2. The van der Waals surface area contributed by atoms with E-state index in [2.05, 4.69) is 11.0 Å². The van der Waals surface area contributed by atoms with E-state index >= 15 is 0 Å². The van der Waals surface area contributed by atoms with Crippen LogP contribution >= 0.6 is 0 Å². The molecule has 170 valence electrons. The molecule has 0 atom stereocenters. The van der Waals surface area contributed by atoms with E-state index in [9.17, 15) is 9.59 Å². The molecule has 0 bridgehead atoms. The number of rotatable bonds is 4. The van der Waals surface area contributed by atoms with E-state index < -0.39 is 0 Å². The Balaban J connectivity index is 1.36. The Morgan fingerprint density at radius 2 is 1.58 bits per heavy atom. The fraction of sp³-hybridized carbons (Fsp3) is 0.370. The lowest BCUT2D eigenvalue weighted by molar-refractivity contribution is -0.131. The van der Waals surface area contributed by atoms with Gasteiger partial charge in [0.25, 0.3) is 5.91 Å². The number of pyridine rings is 1. The van der Waals surface area contributed by atoms with Crippen LogP contribution < -0.4 is 0 Å². The second kappa shape index (κ2) is 9.32. The van der Waals surface area contributed by atoms with Crippen molar-refractivity contribution < 1.29 is 9.59 Å². The summed E-state index contributed by atoms with van der Waals surface area (Å²) in [5.74, 6) is 0.256.